The lowest BCUT2D eigenvalue weighted by Crippen LogP contribution is -2.22. The van der Waals surface area contributed by atoms with Crippen LogP contribution in [-0.4, -0.2) is 34.9 Å². The number of para-hydroxylation sites is 2. The van der Waals surface area contributed by atoms with Crippen molar-refractivity contribution in [1.29, 1.82) is 5.26 Å². The van der Waals surface area contributed by atoms with Gasteiger partial charge in [-0.3, -0.25) is 5.01 Å². The number of rotatable bonds is 9. The van der Waals surface area contributed by atoms with Crippen LogP contribution in [0.4, 0.5) is 11.4 Å². The van der Waals surface area contributed by atoms with E-state index in [-0.39, 0.29) is 11.8 Å². The number of carbonyl (C=O) groups is 1. The van der Waals surface area contributed by atoms with Gasteiger partial charge in [0.25, 0.3) is 0 Å². The highest BCUT2D eigenvalue weighted by Gasteiger charge is 2.31. The Labute approximate surface area is 248 Å². The van der Waals surface area contributed by atoms with Crippen LogP contribution in [0.5, 0.6) is 0 Å². The molecule has 0 fully saturated rings. The minimum absolute atomic E-state index is 0.103. The summed E-state index contributed by atoms with van der Waals surface area (Å²) in [5.41, 5.74) is 5.87. The fourth-order valence-electron chi connectivity index (χ4n) is 5.27. The molecule has 9 heteroatoms. The molecule has 1 atom stereocenters. The molecule has 1 N–H and O–H groups in total. The van der Waals surface area contributed by atoms with Crippen molar-refractivity contribution in [3.8, 4) is 17.5 Å². The van der Waals surface area contributed by atoms with E-state index >= 15 is 0 Å². The summed E-state index contributed by atoms with van der Waals surface area (Å²) in [7, 11) is 0. The quantitative estimate of drug-likeness (QED) is 0.145. The normalized spacial score (nSPS) is 15.0. The number of hydrogen-bond acceptors (Lipinski definition) is 8. The minimum atomic E-state index is -1.31. The summed E-state index contributed by atoms with van der Waals surface area (Å²) >= 11 is 0. The van der Waals surface area contributed by atoms with E-state index in [0.717, 1.165) is 46.7 Å². The van der Waals surface area contributed by atoms with Gasteiger partial charge in [-0.1, -0.05) is 24.3 Å². The van der Waals surface area contributed by atoms with Gasteiger partial charge in [-0.15, -0.1) is 0 Å². The van der Waals surface area contributed by atoms with Gasteiger partial charge in [0.1, 0.15) is 28.6 Å². The molecule has 1 aliphatic rings. The van der Waals surface area contributed by atoms with Gasteiger partial charge in [0, 0.05) is 36.8 Å². The largest absolute Gasteiger partial charge is 0.477 e. The van der Waals surface area contributed by atoms with Crippen LogP contribution in [-0.2, 0) is 4.79 Å². The van der Waals surface area contributed by atoms with Gasteiger partial charge in [-0.2, -0.15) is 10.4 Å². The monoisotopic (exact) mass is 571 g/mol. The molecule has 0 aliphatic carbocycles. The SMILES string of the molecule is CCN(CC)c1ccc(C2CC(c3ccc(/C=C(\C#N)C(=O)O)o3)=NN2c2ccc(-c3nc4ccccc4o3)cc2)cc1. The Morgan fingerprint density at radius 1 is 1.02 bits per heavy atom. The molecular formula is C34H29N5O4. The van der Waals surface area contributed by atoms with Crippen molar-refractivity contribution in [2.24, 2.45) is 5.10 Å². The van der Waals surface area contributed by atoms with Crippen LogP contribution in [0.25, 0.3) is 28.6 Å². The summed E-state index contributed by atoms with van der Waals surface area (Å²) in [5, 5.41) is 25.3. The van der Waals surface area contributed by atoms with Crippen LogP contribution in [0.3, 0.4) is 0 Å². The average Bonchev–Trinajstić information content (AvgIpc) is 3.79. The highest BCUT2D eigenvalue weighted by molar-refractivity contribution is 6.02. The topological polar surface area (TPSA) is 119 Å². The molecule has 0 spiro atoms. The zero-order valence-electron chi connectivity index (χ0n) is 23.8. The Morgan fingerprint density at radius 2 is 1.77 bits per heavy atom. The second-order valence-electron chi connectivity index (χ2n) is 10.1. The smallest absolute Gasteiger partial charge is 0.346 e. The third-order valence-electron chi connectivity index (χ3n) is 7.54. The fraction of sp³-hybridized carbons (Fsp3) is 0.176. The van der Waals surface area contributed by atoms with E-state index in [1.165, 1.54) is 6.08 Å². The van der Waals surface area contributed by atoms with Crippen LogP contribution < -0.4 is 9.91 Å². The summed E-state index contributed by atoms with van der Waals surface area (Å²) in [6.45, 7) is 6.14. The molecular weight excluding hydrogens is 542 g/mol. The van der Waals surface area contributed by atoms with E-state index in [9.17, 15) is 9.90 Å². The van der Waals surface area contributed by atoms with E-state index in [4.69, 9.17) is 19.2 Å². The summed E-state index contributed by atoms with van der Waals surface area (Å²) in [4.78, 5) is 18.2. The van der Waals surface area contributed by atoms with Crippen molar-refractivity contribution in [3.05, 3.63) is 108 Å². The number of oxazole rings is 1. The molecule has 0 saturated heterocycles. The lowest BCUT2D eigenvalue weighted by Gasteiger charge is -2.25. The minimum Gasteiger partial charge on any atom is -0.477 e. The number of furan rings is 1. The van der Waals surface area contributed by atoms with E-state index in [1.54, 1.807) is 18.2 Å². The number of carboxylic acid groups (broad SMARTS) is 1. The molecule has 5 aromatic rings. The number of aliphatic carboxylic acids is 1. The maximum atomic E-state index is 11.3. The van der Waals surface area contributed by atoms with E-state index in [1.807, 2.05) is 53.5 Å². The van der Waals surface area contributed by atoms with Crippen molar-refractivity contribution >= 4 is 40.2 Å². The Morgan fingerprint density at radius 3 is 2.44 bits per heavy atom. The summed E-state index contributed by atoms with van der Waals surface area (Å²) in [6, 6.07) is 29.1. The summed E-state index contributed by atoms with van der Waals surface area (Å²) in [5.74, 6) is 0.0396. The Bertz CT molecular complexity index is 1840. The molecule has 3 heterocycles. The van der Waals surface area contributed by atoms with Gasteiger partial charge in [-0.05, 0) is 80.1 Å². The van der Waals surface area contributed by atoms with Gasteiger partial charge in [-0.25, -0.2) is 9.78 Å². The van der Waals surface area contributed by atoms with Crippen molar-refractivity contribution in [2.75, 3.05) is 23.0 Å². The Balaban J connectivity index is 1.34. The van der Waals surface area contributed by atoms with Crippen LogP contribution in [0, 0.1) is 11.3 Å². The van der Waals surface area contributed by atoms with E-state index in [2.05, 4.69) is 48.0 Å². The number of fused-ring (bicyclic) bond motifs is 1. The van der Waals surface area contributed by atoms with Crippen molar-refractivity contribution in [2.45, 2.75) is 26.3 Å². The van der Waals surface area contributed by atoms with E-state index < -0.39 is 11.5 Å². The zero-order chi connectivity index (χ0) is 29.9. The number of nitrogens with zero attached hydrogens (tertiary/aromatic N) is 5. The number of nitriles is 1. The predicted molar refractivity (Wildman–Crippen MR) is 166 cm³/mol. The third kappa shape index (κ3) is 5.51. The summed E-state index contributed by atoms with van der Waals surface area (Å²) < 4.78 is 11.9. The number of hydrogen-bond donors (Lipinski definition) is 1. The van der Waals surface area contributed by atoms with Crippen molar-refractivity contribution < 1.29 is 18.7 Å². The maximum Gasteiger partial charge on any atom is 0.346 e. The molecule has 6 rings (SSSR count). The van der Waals surface area contributed by atoms with Crippen molar-refractivity contribution in [1.82, 2.24) is 4.98 Å². The zero-order valence-corrected chi connectivity index (χ0v) is 23.8. The molecule has 9 nitrogen and oxygen atoms in total. The lowest BCUT2D eigenvalue weighted by atomic mass is 10.00. The summed E-state index contributed by atoms with van der Waals surface area (Å²) in [6.07, 6.45) is 1.78. The Kier molecular flexibility index (Phi) is 7.50. The molecule has 0 bridgehead atoms. The van der Waals surface area contributed by atoms with Gasteiger partial charge >= 0.3 is 5.97 Å². The highest BCUT2D eigenvalue weighted by Crippen LogP contribution is 2.38. The molecule has 2 aromatic heterocycles. The molecule has 0 radical (unpaired) electrons. The van der Waals surface area contributed by atoms with Gasteiger partial charge in [0.15, 0.2) is 11.3 Å². The standard InChI is InChI=1S/C34H29N5O4/c1-3-38(4-2)25-13-9-22(10-14-25)30-20-29(32-18-17-27(42-32)19-24(21-35)34(40)41)37-39(30)26-15-11-23(12-16-26)33-36-28-7-5-6-8-31(28)43-33/h5-19,30H,3-4,20H2,1-2H3,(H,40,41)/b24-19+. The van der Waals surface area contributed by atoms with Gasteiger partial charge in [0.2, 0.25) is 5.89 Å². The molecule has 3 aromatic carbocycles. The number of anilines is 2. The molecule has 214 valence electrons. The number of hydrazone groups is 1. The fourth-order valence-corrected chi connectivity index (χ4v) is 5.27. The molecule has 43 heavy (non-hydrogen) atoms. The first-order valence-corrected chi connectivity index (χ1v) is 14.1. The maximum absolute atomic E-state index is 11.3. The van der Waals surface area contributed by atoms with Crippen LogP contribution >= 0.6 is 0 Å². The number of benzene rings is 3. The number of carboxylic acids is 1. The van der Waals surface area contributed by atoms with E-state index in [0.29, 0.717) is 23.8 Å². The van der Waals surface area contributed by atoms with Crippen LogP contribution in [0.15, 0.2) is 104 Å². The van der Waals surface area contributed by atoms with Gasteiger partial charge < -0.3 is 18.8 Å². The number of aromatic nitrogens is 1. The third-order valence-corrected chi connectivity index (χ3v) is 7.54. The first-order chi connectivity index (χ1) is 21.0. The second-order valence-corrected chi connectivity index (χ2v) is 10.1. The first kappa shape index (κ1) is 27.5. The van der Waals surface area contributed by atoms with Crippen molar-refractivity contribution in [3.63, 3.8) is 0 Å². The predicted octanol–water partition coefficient (Wildman–Crippen LogP) is 7.28. The van der Waals surface area contributed by atoms with Crippen LogP contribution in [0.2, 0.25) is 0 Å². The molecule has 1 aliphatic heterocycles. The second kappa shape index (κ2) is 11.7. The van der Waals surface area contributed by atoms with Crippen LogP contribution in [0.1, 0.15) is 43.4 Å². The average molecular weight is 572 g/mol. The molecule has 0 amide bonds. The Hall–Kier alpha value is -5.62. The lowest BCUT2D eigenvalue weighted by molar-refractivity contribution is -0.132. The first-order valence-electron chi connectivity index (χ1n) is 14.1. The highest BCUT2D eigenvalue weighted by atomic mass is 16.4. The molecule has 1 unspecified atom stereocenters. The molecule has 0 saturated carbocycles. The van der Waals surface area contributed by atoms with Gasteiger partial charge in [0.05, 0.1) is 11.7 Å².